The third-order valence-electron chi connectivity index (χ3n) is 17.9. The van der Waals surface area contributed by atoms with Gasteiger partial charge in [0.05, 0.1) is 62.3 Å². The minimum Gasteiger partial charge on any atom is -0.309 e. The number of nitriles is 1. The first-order chi connectivity index (χ1) is 43.4. The highest BCUT2D eigenvalue weighted by Gasteiger charge is 2.30. The molecule has 0 fully saturated rings. The summed E-state index contributed by atoms with van der Waals surface area (Å²) >= 11 is 0. The van der Waals surface area contributed by atoms with Crippen LogP contribution in [-0.2, 0) is 4.57 Å². The fraction of sp³-hybridized carbons (Fsp3) is 0. The van der Waals surface area contributed by atoms with Crippen LogP contribution in [0.15, 0.2) is 297 Å². The number of hydrogen-bond donors (Lipinski definition) is 0. The van der Waals surface area contributed by atoms with Gasteiger partial charge in [-0.1, -0.05) is 140 Å². The summed E-state index contributed by atoms with van der Waals surface area (Å²) in [5, 5.41) is 21.1. The predicted molar refractivity (Wildman–Crippen MR) is 365 cm³/mol. The second kappa shape index (κ2) is 19.9. The Bertz CT molecular complexity index is 5490. The largest absolute Gasteiger partial charge is 0.309 e. The van der Waals surface area contributed by atoms with Crippen LogP contribution in [0, 0.1) is 17.9 Å². The summed E-state index contributed by atoms with van der Waals surface area (Å²) in [6.45, 7) is 7.49. The molecule has 0 aliphatic rings. The molecule has 4 heterocycles. The van der Waals surface area contributed by atoms with Crippen molar-refractivity contribution in [2.45, 2.75) is 0 Å². The number of benzene rings is 13. The van der Waals surface area contributed by atoms with Crippen LogP contribution >= 0.6 is 7.14 Å². The van der Waals surface area contributed by atoms with Gasteiger partial charge >= 0.3 is 0 Å². The summed E-state index contributed by atoms with van der Waals surface area (Å²) in [5.74, 6) is 0. The van der Waals surface area contributed by atoms with E-state index in [4.69, 9.17) is 6.57 Å². The van der Waals surface area contributed by atoms with Crippen LogP contribution in [0.4, 0.5) is 5.69 Å². The lowest BCUT2D eigenvalue weighted by molar-refractivity contribution is 0.592. The van der Waals surface area contributed by atoms with E-state index in [1.165, 1.54) is 16.2 Å². The van der Waals surface area contributed by atoms with Gasteiger partial charge in [-0.2, -0.15) is 5.26 Å². The van der Waals surface area contributed by atoms with Crippen LogP contribution in [0.1, 0.15) is 5.56 Å². The van der Waals surface area contributed by atoms with Crippen LogP contribution in [0.2, 0.25) is 0 Å². The summed E-state index contributed by atoms with van der Waals surface area (Å²) < 4.78 is 25.5. The van der Waals surface area contributed by atoms with Gasteiger partial charge in [-0.3, -0.25) is 0 Å². The van der Waals surface area contributed by atoms with Crippen LogP contribution in [0.25, 0.3) is 137 Å². The molecule has 17 rings (SSSR count). The van der Waals surface area contributed by atoms with Crippen molar-refractivity contribution in [1.82, 2.24) is 18.3 Å². The molecule has 0 amide bonds. The number of hydrogen-bond acceptors (Lipinski definition) is 2. The van der Waals surface area contributed by atoms with E-state index in [1.807, 2.05) is 78.9 Å². The highest BCUT2D eigenvalue weighted by molar-refractivity contribution is 7.85. The van der Waals surface area contributed by atoms with Gasteiger partial charge in [0.1, 0.15) is 0 Å². The van der Waals surface area contributed by atoms with E-state index in [1.54, 1.807) is 0 Å². The Morgan fingerprint density at radius 1 is 0.295 bits per heavy atom. The Kier molecular flexibility index (Phi) is 11.5. The zero-order valence-electron chi connectivity index (χ0n) is 47.3. The molecule has 88 heavy (non-hydrogen) atoms. The fourth-order valence-corrected chi connectivity index (χ4v) is 16.4. The molecule has 8 heteroatoms. The average molecular weight is 1140 g/mol. The standard InChI is InChI=1S/C80H49N6OP/c1-82-57-29-33-59(34-30-57)84-74-20-10-6-16-66(74)70-48-54(26-44-78(70)84)56-28-46-80-72(50-56)68-18-8-12-22-76(68)86(80)61-37-41-64(42-38-61)88(87,62-13-3-2-4-14-62)63-39-35-60(36-40-63)85-75-21-11-7-17-67(75)71-49-55(27-45-79(71)85)53-25-43-77-69(47-53)65-15-5-9-19-73(65)83(77)58-31-23-52(51-81)24-32-58/h2-50H. The second-order valence-corrected chi connectivity index (χ2v) is 25.4. The molecular weight excluding hydrogens is 1090 g/mol. The maximum atomic E-state index is 16.3. The smallest absolute Gasteiger partial charge is 0.187 e. The normalized spacial score (nSPS) is 12.4. The van der Waals surface area contributed by atoms with Crippen molar-refractivity contribution >= 4 is 116 Å². The van der Waals surface area contributed by atoms with Crippen molar-refractivity contribution in [3.05, 3.63) is 314 Å². The monoisotopic (exact) mass is 1140 g/mol. The van der Waals surface area contributed by atoms with Gasteiger partial charge in [0.2, 0.25) is 0 Å². The Morgan fingerprint density at radius 3 is 0.886 bits per heavy atom. The summed E-state index contributed by atoms with van der Waals surface area (Å²) in [7, 11) is -3.39. The van der Waals surface area contributed by atoms with Gasteiger partial charge < -0.3 is 22.8 Å². The molecule has 410 valence electrons. The van der Waals surface area contributed by atoms with Crippen molar-refractivity contribution in [2.24, 2.45) is 0 Å². The van der Waals surface area contributed by atoms with Gasteiger partial charge in [0, 0.05) is 81.8 Å². The molecule has 0 N–H and O–H groups in total. The minimum absolute atomic E-state index is 0.622. The number of fused-ring (bicyclic) bond motifs is 12. The third kappa shape index (κ3) is 7.79. The van der Waals surface area contributed by atoms with Crippen molar-refractivity contribution < 1.29 is 4.57 Å². The van der Waals surface area contributed by atoms with E-state index < -0.39 is 7.14 Å². The van der Waals surface area contributed by atoms with Crippen molar-refractivity contribution in [1.29, 1.82) is 5.26 Å². The van der Waals surface area contributed by atoms with Crippen molar-refractivity contribution in [3.8, 4) is 51.1 Å². The molecule has 17 aromatic rings. The zero-order valence-corrected chi connectivity index (χ0v) is 48.2. The average Bonchev–Trinajstić information content (AvgIpc) is 1.76. The first-order valence-corrected chi connectivity index (χ1v) is 31.1. The van der Waals surface area contributed by atoms with E-state index in [2.05, 4.69) is 248 Å². The topological polar surface area (TPSA) is 64.9 Å². The quantitative estimate of drug-likeness (QED) is 0.107. The maximum Gasteiger partial charge on any atom is 0.187 e. The highest BCUT2D eigenvalue weighted by Crippen LogP contribution is 2.45. The van der Waals surface area contributed by atoms with E-state index in [0.29, 0.717) is 11.3 Å². The molecule has 0 bridgehead atoms. The molecule has 0 radical (unpaired) electrons. The summed E-state index contributed by atoms with van der Waals surface area (Å²) in [6, 6.07) is 106. The van der Waals surface area contributed by atoms with Crippen LogP contribution in [0.5, 0.6) is 0 Å². The fourth-order valence-electron chi connectivity index (χ4n) is 13.8. The maximum absolute atomic E-state index is 16.3. The lowest BCUT2D eigenvalue weighted by Gasteiger charge is -2.21. The molecular formula is C80H49N6OP. The Balaban J connectivity index is 0.715. The van der Waals surface area contributed by atoms with Crippen LogP contribution in [0.3, 0.4) is 0 Å². The van der Waals surface area contributed by atoms with Crippen LogP contribution < -0.4 is 15.9 Å². The second-order valence-electron chi connectivity index (χ2n) is 22.6. The molecule has 13 aromatic carbocycles. The zero-order chi connectivity index (χ0) is 58.6. The Labute approximate surface area is 506 Å². The van der Waals surface area contributed by atoms with Gasteiger partial charge in [0.25, 0.3) is 0 Å². The van der Waals surface area contributed by atoms with Crippen molar-refractivity contribution in [2.75, 3.05) is 0 Å². The van der Waals surface area contributed by atoms with Gasteiger partial charge in [-0.15, -0.1) is 0 Å². The van der Waals surface area contributed by atoms with Gasteiger partial charge in [-0.25, -0.2) is 4.85 Å². The molecule has 0 saturated carbocycles. The third-order valence-corrected chi connectivity index (χ3v) is 21.0. The Hall–Kier alpha value is -11.7. The van der Waals surface area contributed by atoms with E-state index in [0.717, 1.165) is 132 Å². The molecule has 7 nitrogen and oxygen atoms in total. The molecule has 1 unspecified atom stereocenters. The van der Waals surface area contributed by atoms with Gasteiger partial charge in [0.15, 0.2) is 12.8 Å². The Morgan fingerprint density at radius 2 is 0.568 bits per heavy atom. The summed E-state index contributed by atoms with van der Waals surface area (Å²) in [6.07, 6.45) is 0. The SMILES string of the molecule is [C-]#[N+]c1ccc(-n2c3ccccc3c3cc(-c4ccc5c(c4)c4ccccc4n5-c4ccc(P(=O)(c5ccccc5)c5ccc(-n6c7ccccc7c7cc(-c8ccc9c(c8)c8ccccc8n9-c8ccc(C#N)cc8)ccc76)cc5)cc4)ccc32)cc1. The summed E-state index contributed by atoms with van der Waals surface area (Å²) in [5.41, 5.74) is 18.6. The first-order valence-electron chi connectivity index (χ1n) is 29.4. The molecule has 4 aromatic heterocycles. The summed E-state index contributed by atoms with van der Waals surface area (Å²) in [4.78, 5) is 3.62. The number of aromatic nitrogens is 4. The van der Waals surface area contributed by atoms with Crippen molar-refractivity contribution in [3.63, 3.8) is 0 Å². The molecule has 0 aliphatic heterocycles. The lowest BCUT2D eigenvalue weighted by atomic mass is 10.0. The molecule has 1 atom stereocenters. The predicted octanol–water partition coefficient (Wildman–Crippen LogP) is 19.5. The number of rotatable bonds is 9. The van der Waals surface area contributed by atoms with Gasteiger partial charge in [-0.05, 0) is 180 Å². The number of nitrogens with zero attached hydrogens (tertiary/aromatic N) is 6. The number of para-hydroxylation sites is 4. The van der Waals surface area contributed by atoms with E-state index in [9.17, 15) is 5.26 Å². The molecule has 0 spiro atoms. The lowest BCUT2D eigenvalue weighted by Crippen LogP contribution is -2.25. The minimum atomic E-state index is -3.39. The molecule has 0 saturated heterocycles. The first kappa shape index (κ1) is 50.8. The molecule has 0 aliphatic carbocycles. The van der Waals surface area contributed by atoms with E-state index in [-0.39, 0.29) is 0 Å². The van der Waals surface area contributed by atoms with E-state index >= 15 is 4.57 Å². The van der Waals surface area contributed by atoms with Crippen LogP contribution in [-0.4, -0.2) is 18.3 Å². The highest BCUT2D eigenvalue weighted by atomic mass is 31.2.